The fourth-order valence-electron chi connectivity index (χ4n) is 3.26. The summed E-state index contributed by atoms with van der Waals surface area (Å²) in [5.41, 5.74) is 17.7. The molecule has 1 aromatic carbocycles. The summed E-state index contributed by atoms with van der Waals surface area (Å²) >= 11 is 0. The van der Waals surface area contributed by atoms with Gasteiger partial charge >= 0.3 is 5.97 Å². The number of benzene rings is 1. The molecule has 14 heteroatoms. The average molecular weight is 489 g/mol. The summed E-state index contributed by atoms with van der Waals surface area (Å²) in [7, 11) is 0. The number of para-hydroxylation sites is 1. The molecule has 3 atom stereocenters. The third-order valence-electron chi connectivity index (χ3n) is 4.95. The van der Waals surface area contributed by atoms with E-state index in [1.165, 1.54) is 0 Å². The zero-order chi connectivity index (χ0) is 26.1. The van der Waals surface area contributed by atoms with Gasteiger partial charge in [-0.2, -0.15) is 0 Å². The van der Waals surface area contributed by atoms with E-state index < -0.39 is 73.0 Å². The number of rotatable bonds is 13. The zero-order valence-corrected chi connectivity index (χ0v) is 18.6. The second-order valence-electron chi connectivity index (χ2n) is 7.75. The lowest BCUT2D eigenvalue weighted by atomic mass is 10.0. The Kier molecular flexibility index (Phi) is 9.28. The maximum atomic E-state index is 12.6. The molecule has 1 heterocycles. The number of hydrogen-bond donors (Lipinski definition) is 8. The SMILES string of the molecule is NC(=O)CC(NC(=O)CNC(=O)C(CC(N)=O)NC(=O)C(N)Cc1c[nH]c2ccccc12)C(=O)O. The Labute approximate surface area is 198 Å². The van der Waals surface area contributed by atoms with Gasteiger partial charge in [-0.3, -0.25) is 24.0 Å². The zero-order valence-electron chi connectivity index (χ0n) is 18.6. The highest BCUT2D eigenvalue weighted by atomic mass is 16.4. The fraction of sp³-hybridized carbons (Fsp3) is 0.333. The van der Waals surface area contributed by atoms with Gasteiger partial charge in [0.25, 0.3) is 0 Å². The van der Waals surface area contributed by atoms with E-state index in [0.29, 0.717) is 0 Å². The number of carbonyl (C=O) groups excluding carboxylic acids is 5. The van der Waals surface area contributed by atoms with Gasteiger partial charge in [-0.05, 0) is 18.1 Å². The maximum Gasteiger partial charge on any atom is 0.326 e. The van der Waals surface area contributed by atoms with Gasteiger partial charge in [0, 0.05) is 17.1 Å². The first-order chi connectivity index (χ1) is 16.5. The highest BCUT2D eigenvalue weighted by Crippen LogP contribution is 2.18. The van der Waals surface area contributed by atoms with E-state index in [9.17, 15) is 28.8 Å². The van der Waals surface area contributed by atoms with Crippen molar-refractivity contribution < 1.29 is 33.9 Å². The second kappa shape index (κ2) is 12.1. The van der Waals surface area contributed by atoms with E-state index in [-0.39, 0.29) is 6.42 Å². The van der Waals surface area contributed by atoms with Crippen LogP contribution in [0, 0.1) is 0 Å². The number of amides is 5. The van der Waals surface area contributed by atoms with Gasteiger partial charge in [0.05, 0.1) is 25.4 Å². The number of aromatic amines is 1. The van der Waals surface area contributed by atoms with Crippen molar-refractivity contribution in [1.82, 2.24) is 20.9 Å². The van der Waals surface area contributed by atoms with Crippen LogP contribution in [0.4, 0.5) is 0 Å². The first-order valence-corrected chi connectivity index (χ1v) is 10.4. The summed E-state index contributed by atoms with van der Waals surface area (Å²) in [5, 5.41) is 16.4. The van der Waals surface area contributed by atoms with E-state index >= 15 is 0 Å². The Balaban J connectivity index is 1.96. The van der Waals surface area contributed by atoms with Gasteiger partial charge in [-0.15, -0.1) is 0 Å². The quantitative estimate of drug-likeness (QED) is 0.143. The molecule has 5 amide bonds. The van der Waals surface area contributed by atoms with Gasteiger partial charge in [0.15, 0.2) is 0 Å². The molecule has 0 radical (unpaired) electrons. The Morgan fingerprint density at radius 3 is 2.17 bits per heavy atom. The van der Waals surface area contributed by atoms with E-state index in [1.807, 2.05) is 29.6 Å². The van der Waals surface area contributed by atoms with Crippen LogP contribution in [0.25, 0.3) is 10.9 Å². The summed E-state index contributed by atoms with van der Waals surface area (Å²) in [6.45, 7) is -0.700. The molecule has 0 saturated heterocycles. The van der Waals surface area contributed by atoms with Crippen molar-refractivity contribution in [3.8, 4) is 0 Å². The molecular formula is C21H27N7O7. The molecule has 3 unspecified atom stereocenters. The van der Waals surface area contributed by atoms with Crippen LogP contribution in [0.1, 0.15) is 18.4 Å². The summed E-state index contributed by atoms with van der Waals surface area (Å²) in [5.74, 6) is -5.93. The lowest BCUT2D eigenvalue weighted by Crippen LogP contribution is -2.55. The molecule has 0 aliphatic carbocycles. The Morgan fingerprint density at radius 1 is 0.914 bits per heavy atom. The molecule has 0 bridgehead atoms. The van der Waals surface area contributed by atoms with Crippen molar-refractivity contribution in [1.29, 1.82) is 0 Å². The molecule has 2 rings (SSSR count). The molecule has 11 N–H and O–H groups in total. The molecule has 35 heavy (non-hydrogen) atoms. The average Bonchev–Trinajstić information content (AvgIpc) is 3.18. The van der Waals surface area contributed by atoms with Crippen molar-refractivity contribution in [3.05, 3.63) is 36.0 Å². The monoisotopic (exact) mass is 489 g/mol. The number of nitrogens with two attached hydrogens (primary N) is 3. The summed E-state index contributed by atoms with van der Waals surface area (Å²) in [6, 6.07) is 3.33. The Morgan fingerprint density at radius 2 is 1.54 bits per heavy atom. The summed E-state index contributed by atoms with van der Waals surface area (Å²) in [6.07, 6.45) is 0.633. The van der Waals surface area contributed by atoms with Crippen molar-refractivity contribution in [2.45, 2.75) is 37.4 Å². The van der Waals surface area contributed by atoms with Crippen molar-refractivity contribution in [2.24, 2.45) is 17.2 Å². The summed E-state index contributed by atoms with van der Waals surface area (Å²) < 4.78 is 0. The largest absolute Gasteiger partial charge is 0.480 e. The number of carboxylic acids is 1. The lowest BCUT2D eigenvalue weighted by Gasteiger charge is -2.20. The van der Waals surface area contributed by atoms with Crippen LogP contribution in [-0.2, 0) is 35.2 Å². The highest BCUT2D eigenvalue weighted by Gasteiger charge is 2.27. The first-order valence-electron chi connectivity index (χ1n) is 10.4. The van der Waals surface area contributed by atoms with E-state index in [0.717, 1.165) is 16.5 Å². The number of nitrogens with one attached hydrogen (secondary N) is 4. The van der Waals surface area contributed by atoms with Crippen LogP contribution in [-0.4, -0.2) is 70.3 Å². The molecule has 0 aliphatic heterocycles. The predicted octanol–water partition coefficient (Wildman–Crippen LogP) is -3.04. The van der Waals surface area contributed by atoms with Crippen LogP contribution in [0.3, 0.4) is 0 Å². The van der Waals surface area contributed by atoms with E-state index in [1.54, 1.807) is 6.20 Å². The highest BCUT2D eigenvalue weighted by molar-refractivity contribution is 5.95. The van der Waals surface area contributed by atoms with E-state index in [4.69, 9.17) is 22.3 Å². The van der Waals surface area contributed by atoms with Crippen LogP contribution in [0.2, 0.25) is 0 Å². The smallest absolute Gasteiger partial charge is 0.326 e. The van der Waals surface area contributed by atoms with Gasteiger partial charge in [0.1, 0.15) is 12.1 Å². The number of carbonyl (C=O) groups is 6. The molecule has 0 aliphatic rings. The second-order valence-corrected chi connectivity index (χ2v) is 7.75. The third-order valence-corrected chi connectivity index (χ3v) is 4.95. The molecule has 0 fully saturated rings. The number of hydrogen-bond acceptors (Lipinski definition) is 7. The minimum absolute atomic E-state index is 0.138. The van der Waals surface area contributed by atoms with Crippen molar-refractivity contribution >= 4 is 46.4 Å². The number of carboxylic acid groups (broad SMARTS) is 1. The Bertz CT molecular complexity index is 1130. The normalized spacial score (nSPS) is 13.3. The number of aliphatic carboxylic acids is 1. The first kappa shape index (κ1) is 26.8. The predicted molar refractivity (Wildman–Crippen MR) is 122 cm³/mol. The molecule has 188 valence electrons. The van der Waals surface area contributed by atoms with Gasteiger partial charge < -0.3 is 43.2 Å². The molecular weight excluding hydrogens is 462 g/mol. The number of aromatic nitrogens is 1. The minimum Gasteiger partial charge on any atom is -0.480 e. The van der Waals surface area contributed by atoms with Crippen molar-refractivity contribution in [3.63, 3.8) is 0 Å². The maximum absolute atomic E-state index is 12.6. The topological polar surface area (TPSA) is 253 Å². The van der Waals surface area contributed by atoms with Crippen LogP contribution < -0.4 is 33.2 Å². The van der Waals surface area contributed by atoms with Crippen molar-refractivity contribution in [2.75, 3.05) is 6.54 Å². The van der Waals surface area contributed by atoms with Gasteiger partial charge in [0.2, 0.25) is 29.5 Å². The van der Waals surface area contributed by atoms with Gasteiger partial charge in [-0.1, -0.05) is 18.2 Å². The molecule has 1 aromatic heterocycles. The van der Waals surface area contributed by atoms with Crippen LogP contribution in [0.5, 0.6) is 0 Å². The molecule has 2 aromatic rings. The summed E-state index contributed by atoms with van der Waals surface area (Å²) in [4.78, 5) is 73.5. The minimum atomic E-state index is -1.58. The number of primary amides is 2. The number of H-pyrrole nitrogens is 1. The molecule has 14 nitrogen and oxygen atoms in total. The lowest BCUT2D eigenvalue weighted by molar-refractivity contribution is -0.143. The molecule has 0 saturated carbocycles. The standard InChI is InChI=1S/C21H27N7O7/c22-12(5-10-8-25-13-4-2-1-3-11(10)13)19(32)28-14(6-16(23)29)20(33)26-9-18(31)27-15(21(34)35)7-17(24)30/h1-4,8,12,14-15,25H,5-7,9,22H2,(H2,23,29)(H2,24,30)(H,26,33)(H,27,31)(H,28,32)(H,34,35). The number of fused-ring (bicyclic) bond motifs is 1. The Hall–Kier alpha value is -4.46. The molecule has 0 spiro atoms. The van der Waals surface area contributed by atoms with E-state index in [2.05, 4.69) is 15.6 Å². The van der Waals surface area contributed by atoms with Crippen LogP contribution >= 0.6 is 0 Å². The van der Waals surface area contributed by atoms with Gasteiger partial charge in [-0.25, -0.2) is 4.79 Å². The van der Waals surface area contributed by atoms with Crippen LogP contribution in [0.15, 0.2) is 30.5 Å². The fourth-order valence-corrected chi connectivity index (χ4v) is 3.26. The third kappa shape index (κ3) is 8.12.